The number of hydrogen-bond donors (Lipinski definition) is 3. The summed E-state index contributed by atoms with van der Waals surface area (Å²) < 4.78 is 0. The highest BCUT2D eigenvalue weighted by Gasteiger charge is 2.11. The minimum Gasteiger partial charge on any atom is -0.368 e. The van der Waals surface area contributed by atoms with Crippen LogP contribution < -0.4 is 10.6 Å². The Hall–Kier alpha value is -3.67. The first-order valence-corrected chi connectivity index (χ1v) is 9.62. The lowest BCUT2D eigenvalue weighted by atomic mass is 10.1. The number of carbonyl (C=O) groups is 1. The fraction of sp³-hybridized carbons (Fsp3) is 0.174. The van der Waals surface area contributed by atoms with Gasteiger partial charge in [0, 0.05) is 29.3 Å². The molecule has 0 fully saturated rings. The zero-order valence-electron chi connectivity index (χ0n) is 16.5. The van der Waals surface area contributed by atoms with Crippen LogP contribution in [0.1, 0.15) is 27.2 Å². The van der Waals surface area contributed by atoms with Crippen molar-refractivity contribution >= 4 is 28.3 Å². The Morgan fingerprint density at radius 3 is 2.52 bits per heavy atom. The predicted octanol–water partition coefficient (Wildman–Crippen LogP) is 4.48. The summed E-state index contributed by atoms with van der Waals surface area (Å²) in [7, 11) is 0. The van der Waals surface area contributed by atoms with Crippen LogP contribution in [0, 0.1) is 13.8 Å². The summed E-state index contributed by atoms with van der Waals surface area (Å²) in [6.45, 7) is 4.66. The number of H-pyrrole nitrogens is 1. The standard InChI is InChI=1S/C23H23N5O/c1-15-6-5-7-16(2)22(15)26-23(29)20-10-11-21(28-27-20)24-13-12-17-14-25-19-9-4-3-8-18(17)19/h3-11,14,25H,12-13H2,1-2H3,(H,24,28)(H,26,29). The van der Waals surface area contributed by atoms with Crippen LogP contribution in [0.25, 0.3) is 10.9 Å². The molecule has 0 spiro atoms. The summed E-state index contributed by atoms with van der Waals surface area (Å²) in [5, 5.41) is 15.6. The zero-order valence-corrected chi connectivity index (χ0v) is 16.5. The highest BCUT2D eigenvalue weighted by atomic mass is 16.1. The topological polar surface area (TPSA) is 82.7 Å². The molecule has 0 aliphatic carbocycles. The molecule has 6 heteroatoms. The molecule has 4 aromatic rings. The number of benzene rings is 2. The SMILES string of the molecule is Cc1cccc(C)c1NC(=O)c1ccc(NCCc2c[nH]c3ccccc23)nn1. The zero-order chi connectivity index (χ0) is 20.2. The first-order chi connectivity index (χ1) is 14.1. The van der Waals surface area contributed by atoms with Gasteiger partial charge in [-0.05, 0) is 55.2 Å². The molecule has 0 aliphatic rings. The van der Waals surface area contributed by atoms with Gasteiger partial charge in [0.05, 0.1) is 0 Å². The molecule has 2 heterocycles. The largest absolute Gasteiger partial charge is 0.368 e. The molecule has 2 aromatic carbocycles. The highest BCUT2D eigenvalue weighted by molar-refractivity contribution is 6.03. The third-order valence-corrected chi connectivity index (χ3v) is 4.99. The van der Waals surface area contributed by atoms with Crippen molar-refractivity contribution in [2.75, 3.05) is 17.2 Å². The van der Waals surface area contributed by atoms with Crippen molar-refractivity contribution in [3.05, 3.63) is 83.2 Å². The van der Waals surface area contributed by atoms with Crippen molar-refractivity contribution in [3.8, 4) is 0 Å². The van der Waals surface area contributed by atoms with Gasteiger partial charge < -0.3 is 15.6 Å². The molecule has 2 aromatic heterocycles. The van der Waals surface area contributed by atoms with Gasteiger partial charge in [-0.1, -0.05) is 36.4 Å². The molecule has 3 N–H and O–H groups in total. The van der Waals surface area contributed by atoms with Gasteiger partial charge in [-0.25, -0.2) is 0 Å². The molecule has 1 amide bonds. The third kappa shape index (κ3) is 4.11. The summed E-state index contributed by atoms with van der Waals surface area (Å²) >= 11 is 0. The van der Waals surface area contributed by atoms with Crippen LogP contribution in [-0.2, 0) is 6.42 Å². The molecule has 0 saturated heterocycles. The molecule has 6 nitrogen and oxygen atoms in total. The number of hydrogen-bond acceptors (Lipinski definition) is 4. The lowest BCUT2D eigenvalue weighted by molar-refractivity contribution is 0.102. The van der Waals surface area contributed by atoms with Gasteiger partial charge in [-0.15, -0.1) is 10.2 Å². The molecule has 0 aliphatic heterocycles. The summed E-state index contributed by atoms with van der Waals surface area (Å²) in [6.07, 6.45) is 2.90. The van der Waals surface area contributed by atoms with E-state index in [1.165, 1.54) is 10.9 Å². The first-order valence-electron chi connectivity index (χ1n) is 9.62. The number of nitrogens with one attached hydrogen (secondary N) is 3. The van der Waals surface area contributed by atoms with Gasteiger partial charge in [0.1, 0.15) is 5.82 Å². The average molecular weight is 385 g/mol. The van der Waals surface area contributed by atoms with Crippen molar-refractivity contribution < 1.29 is 4.79 Å². The molecular weight excluding hydrogens is 362 g/mol. The molecule has 0 unspecified atom stereocenters. The van der Waals surface area contributed by atoms with Gasteiger partial charge in [-0.2, -0.15) is 0 Å². The second kappa shape index (κ2) is 8.14. The van der Waals surface area contributed by atoms with Crippen molar-refractivity contribution in [2.45, 2.75) is 20.3 Å². The number of para-hydroxylation sites is 2. The van der Waals surface area contributed by atoms with Gasteiger partial charge in [0.25, 0.3) is 5.91 Å². The fourth-order valence-corrected chi connectivity index (χ4v) is 3.40. The third-order valence-electron chi connectivity index (χ3n) is 4.99. The number of aryl methyl sites for hydroxylation is 2. The first kappa shape index (κ1) is 18.7. The van der Waals surface area contributed by atoms with E-state index in [-0.39, 0.29) is 11.6 Å². The van der Waals surface area contributed by atoms with Crippen LogP contribution in [0.5, 0.6) is 0 Å². The molecule has 4 rings (SSSR count). The van der Waals surface area contributed by atoms with Gasteiger partial charge in [0.15, 0.2) is 5.69 Å². The second-order valence-corrected chi connectivity index (χ2v) is 7.06. The summed E-state index contributed by atoms with van der Waals surface area (Å²) in [4.78, 5) is 15.8. The van der Waals surface area contributed by atoms with E-state index >= 15 is 0 Å². The van der Waals surface area contributed by atoms with E-state index in [1.807, 2.05) is 50.4 Å². The second-order valence-electron chi connectivity index (χ2n) is 7.06. The van der Waals surface area contributed by atoms with Crippen LogP contribution in [0.15, 0.2) is 60.8 Å². The smallest absolute Gasteiger partial charge is 0.276 e. The minimum absolute atomic E-state index is 0.264. The van der Waals surface area contributed by atoms with E-state index in [0.717, 1.165) is 35.3 Å². The van der Waals surface area contributed by atoms with Crippen molar-refractivity contribution in [1.29, 1.82) is 0 Å². The Bertz CT molecular complexity index is 1130. The maximum Gasteiger partial charge on any atom is 0.276 e. The molecule has 0 bridgehead atoms. The predicted molar refractivity (Wildman–Crippen MR) is 116 cm³/mol. The molecular formula is C23H23N5O. The minimum atomic E-state index is -0.264. The van der Waals surface area contributed by atoms with Crippen LogP contribution in [0.2, 0.25) is 0 Å². The van der Waals surface area contributed by atoms with Crippen molar-refractivity contribution in [3.63, 3.8) is 0 Å². The van der Waals surface area contributed by atoms with Crippen LogP contribution in [0.3, 0.4) is 0 Å². The lowest BCUT2D eigenvalue weighted by Gasteiger charge is -2.11. The Morgan fingerprint density at radius 1 is 0.966 bits per heavy atom. The van der Waals surface area contributed by atoms with Crippen molar-refractivity contribution in [1.82, 2.24) is 15.2 Å². The molecule has 29 heavy (non-hydrogen) atoms. The van der Waals surface area contributed by atoms with E-state index in [0.29, 0.717) is 5.82 Å². The monoisotopic (exact) mass is 385 g/mol. The summed E-state index contributed by atoms with van der Waals surface area (Å²) in [5.74, 6) is 0.383. The van der Waals surface area contributed by atoms with E-state index in [4.69, 9.17) is 0 Å². The molecule has 0 atom stereocenters. The number of fused-ring (bicyclic) bond motifs is 1. The maximum absolute atomic E-state index is 12.5. The summed E-state index contributed by atoms with van der Waals surface area (Å²) in [6, 6.07) is 17.6. The van der Waals surface area contributed by atoms with Crippen LogP contribution >= 0.6 is 0 Å². The quantitative estimate of drug-likeness (QED) is 0.457. The highest BCUT2D eigenvalue weighted by Crippen LogP contribution is 2.20. The number of anilines is 2. The van der Waals surface area contributed by atoms with Gasteiger partial charge in [-0.3, -0.25) is 4.79 Å². The Morgan fingerprint density at radius 2 is 1.76 bits per heavy atom. The van der Waals surface area contributed by atoms with E-state index < -0.39 is 0 Å². The maximum atomic E-state index is 12.5. The number of carbonyl (C=O) groups excluding carboxylic acids is 1. The van der Waals surface area contributed by atoms with Crippen LogP contribution in [-0.4, -0.2) is 27.6 Å². The lowest BCUT2D eigenvalue weighted by Crippen LogP contribution is -2.16. The van der Waals surface area contributed by atoms with E-state index in [1.54, 1.807) is 12.1 Å². The number of aromatic amines is 1. The van der Waals surface area contributed by atoms with E-state index in [9.17, 15) is 4.79 Å². The molecule has 0 radical (unpaired) electrons. The Balaban J connectivity index is 1.36. The number of rotatable bonds is 6. The number of aromatic nitrogens is 3. The Labute approximate surface area is 169 Å². The molecule has 0 saturated carbocycles. The van der Waals surface area contributed by atoms with Crippen molar-refractivity contribution in [2.24, 2.45) is 0 Å². The Kier molecular flexibility index (Phi) is 5.24. The normalized spacial score (nSPS) is 10.8. The van der Waals surface area contributed by atoms with Gasteiger partial charge >= 0.3 is 0 Å². The number of amides is 1. The molecule has 146 valence electrons. The van der Waals surface area contributed by atoms with E-state index in [2.05, 4.69) is 37.9 Å². The number of nitrogens with zero attached hydrogens (tertiary/aromatic N) is 2. The fourth-order valence-electron chi connectivity index (χ4n) is 3.40. The van der Waals surface area contributed by atoms with Gasteiger partial charge in [0.2, 0.25) is 0 Å². The summed E-state index contributed by atoms with van der Waals surface area (Å²) in [5.41, 5.74) is 5.53. The van der Waals surface area contributed by atoms with Crippen LogP contribution in [0.4, 0.5) is 11.5 Å². The average Bonchev–Trinajstić information content (AvgIpc) is 3.14.